The minimum atomic E-state index is -0.243. The molecule has 1 aromatic carbocycles. The van der Waals surface area contributed by atoms with Crippen LogP contribution in [0, 0.1) is 5.92 Å². The monoisotopic (exact) mass is 432 g/mol. The van der Waals surface area contributed by atoms with Gasteiger partial charge in [0.25, 0.3) is 5.91 Å². The zero-order valence-electron chi connectivity index (χ0n) is 19.1. The maximum absolute atomic E-state index is 13.3. The number of anilines is 1. The highest BCUT2D eigenvalue weighted by atomic mass is 16.5. The minimum absolute atomic E-state index is 0.0871. The number of carbonyl (C=O) groups excluding carboxylic acids is 2. The number of benzene rings is 1. The Balaban J connectivity index is 1.80. The lowest BCUT2D eigenvalue weighted by Crippen LogP contribution is -2.44. The van der Waals surface area contributed by atoms with Gasteiger partial charge in [0.2, 0.25) is 0 Å². The predicted molar refractivity (Wildman–Crippen MR) is 121 cm³/mol. The molecule has 0 bridgehead atoms. The lowest BCUT2D eigenvalue weighted by Gasteiger charge is -2.30. The summed E-state index contributed by atoms with van der Waals surface area (Å²) in [7, 11) is 3.44. The second-order valence-corrected chi connectivity index (χ2v) is 8.85. The number of rotatable bonds is 3. The number of carbonyl (C=O) groups is 2. The molecule has 3 N–H and O–H groups in total. The fourth-order valence-electron chi connectivity index (χ4n) is 4.16. The van der Waals surface area contributed by atoms with Gasteiger partial charge in [0, 0.05) is 45.0 Å². The number of fused-ring (bicyclic) bond motifs is 1. The highest BCUT2D eigenvalue weighted by Gasteiger charge is 2.26. The number of urea groups is 1. The largest absolute Gasteiger partial charge is 0.491 e. The van der Waals surface area contributed by atoms with Gasteiger partial charge in [-0.15, -0.1) is 0 Å². The zero-order chi connectivity index (χ0) is 22.4. The van der Waals surface area contributed by atoms with E-state index in [-0.39, 0.29) is 36.0 Å². The van der Waals surface area contributed by atoms with E-state index in [1.165, 1.54) is 0 Å². The maximum Gasteiger partial charge on any atom is 0.319 e. The van der Waals surface area contributed by atoms with E-state index >= 15 is 0 Å². The van der Waals surface area contributed by atoms with Gasteiger partial charge in [0.1, 0.15) is 12.4 Å². The van der Waals surface area contributed by atoms with Crippen LogP contribution in [0.2, 0.25) is 0 Å². The lowest BCUT2D eigenvalue weighted by molar-refractivity contribution is 0.0281. The van der Waals surface area contributed by atoms with Crippen LogP contribution in [0.5, 0.6) is 5.75 Å². The topological polar surface area (TPSA) is 91.9 Å². The molecular weight excluding hydrogens is 396 g/mol. The standard InChI is InChI=1S/C23H36N4O4/c1-15-12-24-16(2)14-31-20-10-9-18(26-23(29)25-17-7-5-6-8-17)11-19(20)22(28)27(3)13-21(15)30-4/h9-11,15-17,21,24H,5-8,12-14H2,1-4H3,(H2,25,26,29)/t15-,16-,21+/m0/s1. The van der Waals surface area contributed by atoms with Crippen molar-refractivity contribution in [1.82, 2.24) is 15.5 Å². The van der Waals surface area contributed by atoms with E-state index in [9.17, 15) is 9.59 Å². The quantitative estimate of drug-likeness (QED) is 0.683. The number of likely N-dealkylation sites (N-methyl/N-ethyl adjacent to an activating group) is 1. The number of amides is 3. The third-order valence-electron chi connectivity index (χ3n) is 6.17. The molecule has 172 valence electrons. The van der Waals surface area contributed by atoms with E-state index in [4.69, 9.17) is 9.47 Å². The van der Waals surface area contributed by atoms with Crippen molar-refractivity contribution in [1.29, 1.82) is 0 Å². The summed E-state index contributed by atoms with van der Waals surface area (Å²) in [6.45, 7) is 5.83. The predicted octanol–water partition coefficient (Wildman–Crippen LogP) is 2.84. The average Bonchev–Trinajstić information content (AvgIpc) is 3.26. The lowest BCUT2D eigenvalue weighted by atomic mass is 10.0. The molecule has 3 rings (SSSR count). The van der Waals surface area contributed by atoms with Crippen molar-refractivity contribution >= 4 is 17.6 Å². The Hall–Kier alpha value is -2.32. The SMILES string of the molecule is CO[C@@H]1CN(C)C(=O)c2cc(NC(=O)NC3CCCC3)ccc2OC[C@H](C)NC[C@@H]1C. The fraction of sp³-hybridized carbons (Fsp3) is 0.652. The molecule has 1 aliphatic heterocycles. The first-order valence-corrected chi connectivity index (χ1v) is 11.2. The Morgan fingerprint density at radius 1 is 1.26 bits per heavy atom. The van der Waals surface area contributed by atoms with Crippen LogP contribution in [0.15, 0.2) is 18.2 Å². The smallest absolute Gasteiger partial charge is 0.319 e. The molecule has 0 aromatic heterocycles. The van der Waals surface area contributed by atoms with Crippen molar-refractivity contribution in [3.63, 3.8) is 0 Å². The number of ether oxygens (including phenoxy) is 2. The molecule has 3 amide bonds. The molecule has 1 aliphatic carbocycles. The molecular formula is C23H36N4O4. The summed E-state index contributed by atoms with van der Waals surface area (Å²) in [4.78, 5) is 27.3. The second kappa shape index (κ2) is 10.8. The Morgan fingerprint density at radius 2 is 2.00 bits per heavy atom. The Labute approximate surface area is 185 Å². The molecule has 0 radical (unpaired) electrons. The van der Waals surface area contributed by atoms with Crippen molar-refractivity contribution in [2.45, 2.75) is 57.7 Å². The molecule has 31 heavy (non-hydrogen) atoms. The van der Waals surface area contributed by atoms with Gasteiger partial charge in [-0.3, -0.25) is 4.79 Å². The molecule has 8 heteroatoms. The summed E-state index contributed by atoms with van der Waals surface area (Å²) in [5.41, 5.74) is 0.992. The summed E-state index contributed by atoms with van der Waals surface area (Å²) in [6, 6.07) is 5.31. The van der Waals surface area contributed by atoms with Gasteiger partial charge in [-0.2, -0.15) is 0 Å². The molecule has 1 aromatic rings. The molecule has 0 spiro atoms. The second-order valence-electron chi connectivity index (χ2n) is 8.85. The van der Waals surface area contributed by atoms with E-state index in [2.05, 4.69) is 29.8 Å². The van der Waals surface area contributed by atoms with E-state index in [1.54, 1.807) is 37.3 Å². The fourth-order valence-corrected chi connectivity index (χ4v) is 4.16. The van der Waals surface area contributed by atoms with E-state index in [1.807, 2.05) is 0 Å². The molecule has 1 fully saturated rings. The van der Waals surface area contributed by atoms with Crippen LogP contribution in [0.25, 0.3) is 0 Å². The van der Waals surface area contributed by atoms with Gasteiger partial charge in [0.05, 0.1) is 11.7 Å². The molecule has 0 saturated heterocycles. The van der Waals surface area contributed by atoms with Crippen LogP contribution in [0.1, 0.15) is 49.9 Å². The number of methoxy groups -OCH3 is 1. The van der Waals surface area contributed by atoms with Crippen LogP contribution in [-0.4, -0.2) is 68.9 Å². The summed E-state index contributed by atoms with van der Waals surface area (Å²) in [5, 5.41) is 9.34. The van der Waals surface area contributed by atoms with Crippen molar-refractivity contribution < 1.29 is 19.1 Å². The van der Waals surface area contributed by atoms with Crippen LogP contribution in [0.3, 0.4) is 0 Å². The van der Waals surface area contributed by atoms with Crippen molar-refractivity contribution in [3.05, 3.63) is 23.8 Å². The first kappa shape index (κ1) is 23.3. The van der Waals surface area contributed by atoms with Gasteiger partial charge in [-0.05, 0) is 43.9 Å². The molecule has 0 unspecified atom stereocenters. The zero-order valence-corrected chi connectivity index (χ0v) is 19.1. The Morgan fingerprint density at radius 3 is 2.71 bits per heavy atom. The number of hydrogen-bond donors (Lipinski definition) is 3. The summed E-state index contributed by atoms with van der Waals surface area (Å²) in [5.74, 6) is 0.578. The summed E-state index contributed by atoms with van der Waals surface area (Å²) >= 11 is 0. The Bertz CT molecular complexity index is 766. The third-order valence-corrected chi connectivity index (χ3v) is 6.17. The summed E-state index contributed by atoms with van der Waals surface area (Å²) < 4.78 is 11.6. The van der Waals surface area contributed by atoms with Crippen LogP contribution in [0.4, 0.5) is 10.5 Å². The van der Waals surface area contributed by atoms with Gasteiger partial charge in [-0.1, -0.05) is 19.8 Å². The van der Waals surface area contributed by atoms with Gasteiger partial charge in [-0.25, -0.2) is 4.79 Å². The van der Waals surface area contributed by atoms with Gasteiger partial charge >= 0.3 is 6.03 Å². The van der Waals surface area contributed by atoms with Crippen LogP contribution >= 0.6 is 0 Å². The van der Waals surface area contributed by atoms with Crippen molar-refractivity contribution in [2.24, 2.45) is 5.92 Å². The molecule has 2 aliphatic rings. The molecule has 3 atom stereocenters. The molecule has 1 heterocycles. The minimum Gasteiger partial charge on any atom is -0.491 e. The normalized spacial score (nSPS) is 25.7. The number of nitrogens with one attached hydrogen (secondary N) is 3. The number of hydrogen-bond acceptors (Lipinski definition) is 5. The van der Waals surface area contributed by atoms with E-state index in [0.717, 1.165) is 32.2 Å². The number of nitrogens with zero attached hydrogens (tertiary/aromatic N) is 1. The van der Waals surface area contributed by atoms with Gasteiger partial charge in [0.15, 0.2) is 0 Å². The first-order valence-electron chi connectivity index (χ1n) is 11.2. The maximum atomic E-state index is 13.3. The highest BCUT2D eigenvalue weighted by Crippen LogP contribution is 2.26. The van der Waals surface area contributed by atoms with Crippen LogP contribution < -0.4 is 20.7 Å². The first-order chi connectivity index (χ1) is 14.9. The highest BCUT2D eigenvalue weighted by molar-refractivity contribution is 5.99. The van der Waals surface area contributed by atoms with Crippen LogP contribution in [-0.2, 0) is 4.74 Å². The average molecular weight is 433 g/mol. The summed E-state index contributed by atoms with van der Waals surface area (Å²) in [6.07, 6.45) is 4.24. The molecule has 8 nitrogen and oxygen atoms in total. The molecule has 1 saturated carbocycles. The van der Waals surface area contributed by atoms with Crippen molar-refractivity contribution in [2.75, 3.05) is 39.2 Å². The van der Waals surface area contributed by atoms with E-state index < -0.39 is 0 Å². The Kier molecular flexibility index (Phi) is 8.15. The third kappa shape index (κ3) is 6.33. The van der Waals surface area contributed by atoms with Gasteiger partial charge < -0.3 is 30.3 Å². The van der Waals surface area contributed by atoms with Crippen molar-refractivity contribution in [3.8, 4) is 5.75 Å². The van der Waals surface area contributed by atoms with E-state index in [0.29, 0.717) is 30.2 Å².